The summed E-state index contributed by atoms with van der Waals surface area (Å²) >= 11 is 0. The zero-order valence-corrected chi connectivity index (χ0v) is 15.1. The smallest absolute Gasteiger partial charge is 0.252 e. The molecule has 0 aliphatic heterocycles. The van der Waals surface area contributed by atoms with Crippen LogP contribution in [0.15, 0.2) is 64.5 Å². The van der Waals surface area contributed by atoms with Gasteiger partial charge in [-0.2, -0.15) is 5.10 Å². The molecule has 0 saturated heterocycles. The molecule has 0 aliphatic rings. The maximum atomic E-state index is 11.4. The molecule has 3 rings (SSSR count). The van der Waals surface area contributed by atoms with Gasteiger partial charge in [0.1, 0.15) is 6.61 Å². The molecule has 138 valence electrons. The van der Waals surface area contributed by atoms with Crippen LogP contribution < -0.4 is 20.5 Å². The highest BCUT2D eigenvalue weighted by atomic mass is 16.5. The topological polar surface area (TPSA) is 88.6 Å². The lowest BCUT2D eigenvalue weighted by atomic mass is 10.2. The highest BCUT2D eigenvalue weighted by molar-refractivity contribution is 5.81. The van der Waals surface area contributed by atoms with Crippen molar-refractivity contribution in [3.63, 3.8) is 0 Å². The van der Waals surface area contributed by atoms with E-state index < -0.39 is 0 Å². The molecule has 0 fully saturated rings. The number of anilines is 1. The first-order valence-electron chi connectivity index (χ1n) is 8.36. The van der Waals surface area contributed by atoms with Gasteiger partial charge in [-0.3, -0.25) is 9.78 Å². The minimum absolute atomic E-state index is 0.235. The summed E-state index contributed by atoms with van der Waals surface area (Å²) in [6.07, 6.45) is 1.61. The van der Waals surface area contributed by atoms with Gasteiger partial charge < -0.3 is 9.47 Å². The Morgan fingerprint density at radius 2 is 1.96 bits per heavy atom. The van der Waals surface area contributed by atoms with Gasteiger partial charge in [0.05, 0.1) is 13.3 Å². The molecule has 0 aliphatic carbocycles. The summed E-state index contributed by atoms with van der Waals surface area (Å²) in [5.74, 6) is 1.54. The van der Waals surface area contributed by atoms with Crippen LogP contribution in [0.4, 0.5) is 5.95 Å². The van der Waals surface area contributed by atoms with Crippen molar-refractivity contribution in [2.75, 3.05) is 12.5 Å². The molecule has 0 atom stereocenters. The molecule has 0 radical (unpaired) electrons. The van der Waals surface area contributed by atoms with E-state index in [9.17, 15) is 4.79 Å². The molecule has 0 amide bonds. The number of aromatic nitrogens is 2. The second-order valence-electron chi connectivity index (χ2n) is 5.79. The summed E-state index contributed by atoms with van der Waals surface area (Å²) in [7, 11) is 1.60. The lowest BCUT2D eigenvalue weighted by Gasteiger charge is -2.11. The number of H-pyrrole nitrogens is 1. The second kappa shape index (κ2) is 8.66. The van der Waals surface area contributed by atoms with Gasteiger partial charge in [-0.25, -0.2) is 10.4 Å². The summed E-state index contributed by atoms with van der Waals surface area (Å²) < 4.78 is 11.2. The number of nitrogens with zero attached hydrogens (tertiary/aromatic N) is 2. The normalized spacial score (nSPS) is 10.7. The number of aryl methyl sites for hydroxylation is 1. The van der Waals surface area contributed by atoms with Crippen LogP contribution >= 0.6 is 0 Å². The SMILES string of the molecule is COc1ccc(/C=N\Nc2nc(C)cc(=O)[nH]2)cc1OCc1ccccc1. The number of benzene rings is 2. The van der Waals surface area contributed by atoms with E-state index in [2.05, 4.69) is 20.5 Å². The van der Waals surface area contributed by atoms with Crippen LogP contribution in [-0.2, 0) is 6.61 Å². The summed E-state index contributed by atoms with van der Waals surface area (Å²) in [5.41, 5.74) is 4.96. The predicted octanol–water partition coefficient (Wildman–Crippen LogP) is 3.11. The number of rotatable bonds is 7. The molecular weight excluding hydrogens is 344 g/mol. The van der Waals surface area contributed by atoms with Gasteiger partial charge in [-0.1, -0.05) is 30.3 Å². The van der Waals surface area contributed by atoms with Crippen molar-refractivity contribution in [1.29, 1.82) is 0 Å². The number of nitrogens with one attached hydrogen (secondary N) is 2. The van der Waals surface area contributed by atoms with Crippen molar-refractivity contribution in [2.24, 2.45) is 5.10 Å². The fourth-order valence-corrected chi connectivity index (χ4v) is 2.42. The minimum Gasteiger partial charge on any atom is -0.493 e. The third-order valence-corrected chi connectivity index (χ3v) is 3.68. The van der Waals surface area contributed by atoms with E-state index >= 15 is 0 Å². The molecule has 2 aromatic carbocycles. The van der Waals surface area contributed by atoms with Crippen molar-refractivity contribution >= 4 is 12.2 Å². The van der Waals surface area contributed by atoms with E-state index in [0.29, 0.717) is 23.8 Å². The van der Waals surface area contributed by atoms with Crippen LogP contribution in [0, 0.1) is 6.92 Å². The van der Waals surface area contributed by atoms with Crippen LogP contribution in [0.2, 0.25) is 0 Å². The van der Waals surface area contributed by atoms with Crippen LogP contribution in [-0.4, -0.2) is 23.3 Å². The Morgan fingerprint density at radius 3 is 2.70 bits per heavy atom. The lowest BCUT2D eigenvalue weighted by molar-refractivity contribution is 0.284. The molecule has 0 unspecified atom stereocenters. The highest BCUT2D eigenvalue weighted by Crippen LogP contribution is 2.28. The maximum Gasteiger partial charge on any atom is 0.252 e. The largest absolute Gasteiger partial charge is 0.493 e. The first-order chi connectivity index (χ1) is 13.1. The van der Waals surface area contributed by atoms with Crippen molar-refractivity contribution in [3.8, 4) is 11.5 Å². The van der Waals surface area contributed by atoms with Gasteiger partial charge in [0.15, 0.2) is 11.5 Å². The fourth-order valence-electron chi connectivity index (χ4n) is 2.42. The van der Waals surface area contributed by atoms with Gasteiger partial charge in [0.2, 0.25) is 5.95 Å². The van der Waals surface area contributed by atoms with Crippen LogP contribution in [0.3, 0.4) is 0 Å². The Balaban J connectivity index is 1.71. The fraction of sp³-hybridized carbons (Fsp3) is 0.150. The third-order valence-electron chi connectivity index (χ3n) is 3.68. The molecule has 7 nitrogen and oxygen atoms in total. The van der Waals surface area contributed by atoms with Crippen molar-refractivity contribution in [1.82, 2.24) is 9.97 Å². The number of hydrazone groups is 1. The van der Waals surface area contributed by atoms with Crippen molar-refractivity contribution in [3.05, 3.63) is 81.8 Å². The minimum atomic E-state index is -0.235. The molecule has 3 aromatic rings. The van der Waals surface area contributed by atoms with E-state index in [1.807, 2.05) is 48.5 Å². The zero-order valence-electron chi connectivity index (χ0n) is 15.1. The average molecular weight is 364 g/mol. The summed E-state index contributed by atoms with van der Waals surface area (Å²) in [5, 5.41) is 4.10. The number of aromatic amines is 1. The lowest BCUT2D eigenvalue weighted by Crippen LogP contribution is -2.10. The zero-order chi connectivity index (χ0) is 19.1. The summed E-state index contributed by atoms with van der Waals surface area (Å²) in [4.78, 5) is 18.1. The van der Waals surface area contributed by atoms with E-state index in [0.717, 1.165) is 11.1 Å². The van der Waals surface area contributed by atoms with Gasteiger partial charge in [-0.15, -0.1) is 0 Å². The number of ether oxygens (including phenoxy) is 2. The Labute approximate surface area is 156 Å². The van der Waals surface area contributed by atoms with Gasteiger partial charge in [-0.05, 0) is 36.2 Å². The average Bonchev–Trinajstić information content (AvgIpc) is 2.66. The van der Waals surface area contributed by atoms with Crippen LogP contribution in [0.25, 0.3) is 0 Å². The Morgan fingerprint density at radius 1 is 1.15 bits per heavy atom. The number of hydrogen-bond donors (Lipinski definition) is 2. The summed E-state index contributed by atoms with van der Waals surface area (Å²) in [6.45, 7) is 2.18. The van der Waals surface area contributed by atoms with E-state index in [-0.39, 0.29) is 11.5 Å². The molecule has 1 heterocycles. The van der Waals surface area contributed by atoms with E-state index in [1.165, 1.54) is 6.07 Å². The maximum absolute atomic E-state index is 11.4. The second-order valence-corrected chi connectivity index (χ2v) is 5.79. The monoisotopic (exact) mass is 364 g/mol. The predicted molar refractivity (Wildman–Crippen MR) is 105 cm³/mol. The Hall–Kier alpha value is -3.61. The summed E-state index contributed by atoms with van der Waals surface area (Å²) in [6, 6.07) is 16.8. The molecule has 7 heteroatoms. The standard InChI is InChI=1S/C20H20N4O3/c1-14-10-19(25)23-20(22-14)24-21-12-16-8-9-17(26-2)18(11-16)27-13-15-6-4-3-5-7-15/h3-12H,13H2,1-2H3,(H2,22,23,24,25)/b21-12-. The highest BCUT2D eigenvalue weighted by Gasteiger charge is 2.06. The first kappa shape index (κ1) is 18.2. The van der Waals surface area contributed by atoms with E-state index in [4.69, 9.17) is 9.47 Å². The quantitative estimate of drug-likeness (QED) is 0.497. The molecule has 2 N–H and O–H groups in total. The first-order valence-corrected chi connectivity index (χ1v) is 8.36. The number of methoxy groups -OCH3 is 1. The molecule has 0 bridgehead atoms. The van der Waals surface area contributed by atoms with Gasteiger partial charge in [0.25, 0.3) is 5.56 Å². The molecule has 27 heavy (non-hydrogen) atoms. The Kier molecular flexibility index (Phi) is 5.84. The third kappa shape index (κ3) is 5.18. The molecule has 0 spiro atoms. The van der Waals surface area contributed by atoms with E-state index in [1.54, 1.807) is 20.2 Å². The molecule has 0 saturated carbocycles. The van der Waals surface area contributed by atoms with Gasteiger partial charge in [0, 0.05) is 11.8 Å². The Bertz CT molecular complexity index is 984. The number of hydrogen-bond acceptors (Lipinski definition) is 6. The van der Waals surface area contributed by atoms with Crippen LogP contribution in [0.1, 0.15) is 16.8 Å². The van der Waals surface area contributed by atoms with Crippen LogP contribution in [0.5, 0.6) is 11.5 Å². The molecule has 1 aromatic heterocycles. The van der Waals surface area contributed by atoms with Crippen molar-refractivity contribution in [2.45, 2.75) is 13.5 Å². The van der Waals surface area contributed by atoms with Crippen molar-refractivity contribution < 1.29 is 9.47 Å². The molecular formula is C20H20N4O3. The van der Waals surface area contributed by atoms with Gasteiger partial charge >= 0.3 is 0 Å².